The molecular formula is C19H24N2O4S. The largest absolute Gasteiger partial charge is 0.490 e. The third-order valence-electron chi connectivity index (χ3n) is 4.28. The number of ether oxygens (including phenoxy) is 2. The van der Waals surface area contributed by atoms with Gasteiger partial charge in [0.25, 0.3) is 11.1 Å². The van der Waals surface area contributed by atoms with Gasteiger partial charge in [0.05, 0.1) is 24.8 Å². The van der Waals surface area contributed by atoms with Crippen molar-refractivity contribution in [1.29, 1.82) is 0 Å². The number of nitrogens with zero attached hydrogens (tertiary/aromatic N) is 2. The predicted octanol–water partition coefficient (Wildman–Crippen LogP) is 3.57. The molecule has 2 saturated heterocycles. The Morgan fingerprint density at radius 1 is 1.08 bits per heavy atom. The van der Waals surface area contributed by atoms with Gasteiger partial charge in [0.15, 0.2) is 11.5 Å². The van der Waals surface area contributed by atoms with Crippen LogP contribution in [0.2, 0.25) is 0 Å². The number of amides is 2. The van der Waals surface area contributed by atoms with Crippen molar-refractivity contribution in [2.45, 2.75) is 26.7 Å². The molecule has 2 fully saturated rings. The lowest BCUT2D eigenvalue weighted by Gasteiger charge is -2.20. The van der Waals surface area contributed by atoms with E-state index in [1.165, 1.54) is 4.90 Å². The average Bonchev–Trinajstić information content (AvgIpc) is 3.22. The first kappa shape index (κ1) is 18.8. The van der Waals surface area contributed by atoms with Gasteiger partial charge in [-0.05, 0) is 75.3 Å². The van der Waals surface area contributed by atoms with Crippen LogP contribution in [0.5, 0.6) is 11.5 Å². The summed E-state index contributed by atoms with van der Waals surface area (Å²) in [7, 11) is 0. The van der Waals surface area contributed by atoms with Crippen LogP contribution in [0.4, 0.5) is 4.79 Å². The lowest BCUT2D eigenvalue weighted by atomic mass is 10.2. The normalized spacial score (nSPS) is 19.6. The van der Waals surface area contributed by atoms with Gasteiger partial charge in [0.1, 0.15) is 0 Å². The minimum atomic E-state index is -0.223. The number of carbonyl (C=O) groups excluding carboxylic acids is 2. The van der Waals surface area contributed by atoms with Crippen LogP contribution in [0.25, 0.3) is 6.08 Å². The number of likely N-dealkylation sites (tertiary alicyclic amines) is 1. The molecule has 0 spiro atoms. The van der Waals surface area contributed by atoms with E-state index in [4.69, 9.17) is 9.47 Å². The Labute approximate surface area is 158 Å². The molecule has 0 aliphatic carbocycles. The number of rotatable bonds is 7. The van der Waals surface area contributed by atoms with E-state index in [1.807, 2.05) is 32.0 Å². The van der Waals surface area contributed by atoms with Gasteiger partial charge < -0.3 is 9.47 Å². The first-order chi connectivity index (χ1) is 12.6. The third-order valence-corrected chi connectivity index (χ3v) is 5.19. The van der Waals surface area contributed by atoms with Crippen LogP contribution in [0.1, 0.15) is 32.3 Å². The Morgan fingerprint density at radius 3 is 2.46 bits per heavy atom. The molecule has 2 aliphatic rings. The van der Waals surface area contributed by atoms with Gasteiger partial charge in [-0.1, -0.05) is 6.07 Å². The molecule has 0 unspecified atom stereocenters. The molecule has 2 heterocycles. The summed E-state index contributed by atoms with van der Waals surface area (Å²) >= 11 is 0.993. The molecule has 0 atom stereocenters. The molecule has 0 bridgehead atoms. The van der Waals surface area contributed by atoms with Crippen LogP contribution in [-0.2, 0) is 4.79 Å². The SMILES string of the molecule is CCOc1ccc(C=C2SC(=O)N(CN3CCCC3)C2=O)cc1OCC. The molecule has 0 radical (unpaired) electrons. The molecule has 0 aromatic heterocycles. The number of carbonyl (C=O) groups is 2. The lowest BCUT2D eigenvalue weighted by molar-refractivity contribution is -0.124. The van der Waals surface area contributed by atoms with Crippen LogP contribution in [-0.4, -0.2) is 53.9 Å². The zero-order valence-electron chi connectivity index (χ0n) is 15.2. The van der Waals surface area contributed by atoms with Gasteiger partial charge in [-0.3, -0.25) is 19.4 Å². The summed E-state index contributed by atoms with van der Waals surface area (Å²) in [5.74, 6) is 1.09. The van der Waals surface area contributed by atoms with Crippen molar-refractivity contribution in [1.82, 2.24) is 9.80 Å². The van der Waals surface area contributed by atoms with Crippen molar-refractivity contribution >= 4 is 29.0 Å². The van der Waals surface area contributed by atoms with E-state index >= 15 is 0 Å². The highest BCUT2D eigenvalue weighted by atomic mass is 32.2. The monoisotopic (exact) mass is 376 g/mol. The second-order valence-corrected chi connectivity index (χ2v) is 7.14. The molecule has 1 aromatic carbocycles. The fraction of sp³-hybridized carbons (Fsp3) is 0.474. The molecule has 3 rings (SSSR count). The summed E-state index contributed by atoms with van der Waals surface area (Å²) in [6.07, 6.45) is 3.99. The molecule has 0 N–H and O–H groups in total. The number of hydrogen-bond donors (Lipinski definition) is 0. The highest BCUT2D eigenvalue weighted by molar-refractivity contribution is 8.18. The first-order valence-corrected chi connectivity index (χ1v) is 9.81. The van der Waals surface area contributed by atoms with Crippen LogP contribution in [0.3, 0.4) is 0 Å². The summed E-state index contributed by atoms with van der Waals surface area (Å²) in [6, 6.07) is 5.53. The minimum Gasteiger partial charge on any atom is -0.490 e. The second kappa shape index (κ2) is 8.60. The molecule has 2 amide bonds. The van der Waals surface area contributed by atoms with Crippen molar-refractivity contribution < 1.29 is 19.1 Å². The fourth-order valence-electron chi connectivity index (χ4n) is 3.05. The standard InChI is InChI=1S/C19H24N2O4S/c1-3-24-15-8-7-14(11-16(15)25-4-2)12-17-18(22)21(19(23)26-17)13-20-9-5-6-10-20/h7-8,11-12H,3-6,9-10,13H2,1-2H3. The van der Waals surface area contributed by atoms with Crippen molar-refractivity contribution in [3.05, 3.63) is 28.7 Å². The maximum absolute atomic E-state index is 12.6. The fourth-order valence-corrected chi connectivity index (χ4v) is 3.89. The molecular weight excluding hydrogens is 352 g/mol. The number of benzene rings is 1. The first-order valence-electron chi connectivity index (χ1n) is 8.99. The molecule has 7 heteroatoms. The smallest absolute Gasteiger partial charge is 0.294 e. The molecule has 0 saturated carbocycles. The van der Waals surface area contributed by atoms with Crippen LogP contribution in [0.15, 0.2) is 23.1 Å². The Kier molecular flexibility index (Phi) is 6.21. The summed E-state index contributed by atoms with van der Waals surface area (Å²) in [5.41, 5.74) is 0.809. The number of hydrogen-bond acceptors (Lipinski definition) is 6. The number of imide groups is 1. The van der Waals surface area contributed by atoms with Gasteiger partial charge in [-0.15, -0.1) is 0 Å². The summed E-state index contributed by atoms with van der Waals surface area (Å²) in [4.78, 5) is 28.8. The average molecular weight is 376 g/mol. The maximum atomic E-state index is 12.6. The zero-order chi connectivity index (χ0) is 18.5. The minimum absolute atomic E-state index is 0.205. The van der Waals surface area contributed by atoms with Crippen LogP contribution in [0, 0.1) is 0 Å². The number of thioether (sulfide) groups is 1. The van der Waals surface area contributed by atoms with Crippen molar-refractivity contribution in [2.75, 3.05) is 33.0 Å². The Balaban J connectivity index is 1.77. The van der Waals surface area contributed by atoms with Gasteiger partial charge in [-0.2, -0.15) is 0 Å². The van der Waals surface area contributed by atoms with Gasteiger partial charge in [0.2, 0.25) is 0 Å². The Bertz CT molecular complexity index is 713. The van der Waals surface area contributed by atoms with E-state index in [-0.39, 0.29) is 11.1 Å². The Morgan fingerprint density at radius 2 is 1.77 bits per heavy atom. The molecule has 140 valence electrons. The quantitative estimate of drug-likeness (QED) is 0.678. The van der Waals surface area contributed by atoms with Crippen molar-refractivity contribution in [2.24, 2.45) is 0 Å². The molecule has 6 nitrogen and oxygen atoms in total. The van der Waals surface area contributed by atoms with Crippen molar-refractivity contribution in [3.8, 4) is 11.5 Å². The molecule has 2 aliphatic heterocycles. The van der Waals surface area contributed by atoms with Gasteiger partial charge in [0, 0.05) is 0 Å². The lowest BCUT2D eigenvalue weighted by Crippen LogP contribution is -2.38. The third kappa shape index (κ3) is 4.22. The van der Waals surface area contributed by atoms with Gasteiger partial charge >= 0.3 is 0 Å². The van der Waals surface area contributed by atoms with E-state index in [9.17, 15) is 9.59 Å². The Hall–Kier alpha value is -1.99. The van der Waals surface area contributed by atoms with Gasteiger partial charge in [-0.25, -0.2) is 0 Å². The van der Waals surface area contributed by atoms with Crippen molar-refractivity contribution in [3.63, 3.8) is 0 Å². The van der Waals surface area contributed by atoms with E-state index < -0.39 is 0 Å². The van der Waals surface area contributed by atoms with E-state index in [1.54, 1.807) is 6.08 Å². The van der Waals surface area contributed by atoms with E-state index in [0.717, 1.165) is 43.3 Å². The zero-order valence-corrected chi connectivity index (χ0v) is 16.0. The van der Waals surface area contributed by atoms with E-state index in [0.29, 0.717) is 36.3 Å². The molecule has 26 heavy (non-hydrogen) atoms. The topological polar surface area (TPSA) is 59.1 Å². The molecule has 1 aromatic rings. The highest BCUT2D eigenvalue weighted by Crippen LogP contribution is 2.35. The predicted molar refractivity (Wildman–Crippen MR) is 102 cm³/mol. The highest BCUT2D eigenvalue weighted by Gasteiger charge is 2.36. The van der Waals surface area contributed by atoms with Crippen LogP contribution < -0.4 is 9.47 Å². The summed E-state index contributed by atoms with van der Waals surface area (Å²) in [5, 5.41) is -0.205. The van der Waals surface area contributed by atoms with E-state index in [2.05, 4.69) is 4.90 Å². The summed E-state index contributed by atoms with van der Waals surface area (Å²) in [6.45, 7) is 7.17. The van der Waals surface area contributed by atoms with Crippen LogP contribution >= 0.6 is 11.8 Å². The maximum Gasteiger partial charge on any atom is 0.294 e. The summed E-state index contributed by atoms with van der Waals surface area (Å²) < 4.78 is 11.2. The second-order valence-electron chi connectivity index (χ2n) is 6.15.